The number of ether oxygens (including phenoxy) is 1. The van der Waals surface area contributed by atoms with Crippen molar-refractivity contribution in [3.8, 4) is 5.75 Å². The average molecular weight is 303 g/mol. The van der Waals surface area contributed by atoms with Crippen LogP contribution in [-0.2, 0) is 9.59 Å². The minimum atomic E-state index is -2.00. The molecule has 0 saturated heterocycles. The summed E-state index contributed by atoms with van der Waals surface area (Å²) in [5.41, 5.74) is -2.00. The minimum absolute atomic E-state index is 0.256. The van der Waals surface area contributed by atoms with E-state index in [-0.39, 0.29) is 13.2 Å². The number of aliphatic carboxylic acids is 1. The number of nitrogens with one attached hydrogen (secondary N) is 1. The molecule has 0 spiro atoms. The Hall–Kier alpha value is -2.60. The number of fused-ring (bicyclic) bond motifs is 1. The van der Waals surface area contributed by atoms with E-state index in [1.807, 2.05) is 36.4 Å². The first kappa shape index (κ1) is 15.8. The summed E-state index contributed by atoms with van der Waals surface area (Å²) in [6.07, 6.45) is 0. The molecule has 1 atom stereocenters. The van der Waals surface area contributed by atoms with E-state index in [0.29, 0.717) is 5.75 Å². The van der Waals surface area contributed by atoms with E-state index in [4.69, 9.17) is 9.84 Å². The van der Waals surface area contributed by atoms with Gasteiger partial charge in [-0.1, -0.05) is 30.3 Å². The van der Waals surface area contributed by atoms with Crippen molar-refractivity contribution in [3.63, 3.8) is 0 Å². The number of carbonyl (C=O) groups is 2. The molecule has 2 aromatic carbocycles. The van der Waals surface area contributed by atoms with E-state index < -0.39 is 17.5 Å². The quantitative estimate of drug-likeness (QED) is 0.744. The zero-order valence-corrected chi connectivity index (χ0v) is 12.1. The highest BCUT2D eigenvalue weighted by Gasteiger charge is 2.30. The highest BCUT2D eigenvalue weighted by Crippen LogP contribution is 2.20. The van der Waals surface area contributed by atoms with E-state index >= 15 is 0 Å². The van der Waals surface area contributed by atoms with Crippen molar-refractivity contribution < 1.29 is 24.5 Å². The minimum Gasteiger partial charge on any atom is -0.484 e. The van der Waals surface area contributed by atoms with Gasteiger partial charge in [0.15, 0.2) is 12.2 Å². The summed E-state index contributed by atoms with van der Waals surface area (Å²) in [5, 5.41) is 22.6. The van der Waals surface area contributed by atoms with Gasteiger partial charge in [0.25, 0.3) is 5.91 Å². The summed E-state index contributed by atoms with van der Waals surface area (Å²) in [5.74, 6) is -1.36. The van der Waals surface area contributed by atoms with Gasteiger partial charge in [-0.15, -0.1) is 0 Å². The summed E-state index contributed by atoms with van der Waals surface area (Å²) in [4.78, 5) is 22.3. The van der Waals surface area contributed by atoms with Crippen LogP contribution in [0.2, 0.25) is 0 Å². The molecular formula is C16H17NO5. The Morgan fingerprint density at radius 2 is 1.86 bits per heavy atom. The van der Waals surface area contributed by atoms with Crippen molar-refractivity contribution in [1.82, 2.24) is 5.32 Å². The summed E-state index contributed by atoms with van der Waals surface area (Å²) < 4.78 is 5.36. The van der Waals surface area contributed by atoms with Crippen LogP contribution in [0.15, 0.2) is 42.5 Å². The summed E-state index contributed by atoms with van der Waals surface area (Å²) in [6, 6.07) is 13.2. The molecule has 0 radical (unpaired) electrons. The lowest BCUT2D eigenvalue weighted by atomic mass is 10.1. The van der Waals surface area contributed by atoms with E-state index in [1.54, 1.807) is 6.07 Å². The predicted octanol–water partition coefficient (Wildman–Crippen LogP) is 1.17. The van der Waals surface area contributed by atoms with Gasteiger partial charge in [0, 0.05) is 0 Å². The van der Waals surface area contributed by atoms with Gasteiger partial charge in [0.1, 0.15) is 5.75 Å². The maximum atomic E-state index is 11.6. The second-order valence-corrected chi connectivity index (χ2v) is 5.15. The van der Waals surface area contributed by atoms with Crippen molar-refractivity contribution >= 4 is 22.6 Å². The van der Waals surface area contributed by atoms with Crippen LogP contribution in [0.1, 0.15) is 6.92 Å². The monoisotopic (exact) mass is 303 g/mol. The molecule has 0 bridgehead atoms. The number of carbonyl (C=O) groups excluding carboxylic acids is 1. The molecule has 0 saturated carbocycles. The Morgan fingerprint density at radius 1 is 1.18 bits per heavy atom. The molecule has 0 aliphatic heterocycles. The maximum absolute atomic E-state index is 11.6. The molecule has 0 fully saturated rings. The number of rotatable bonds is 6. The highest BCUT2D eigenvalue weighted by molar-refractivity contribution is 5.84. The lowest BCUT2D eigenvalue weighted by molar-refractivity contribution is -0.156. The second kappa shape index (κ2) is 6.44. The Bertz CT molecular complexity index is 696. The SMILES string of the molecule is CC(O)(CNC(=O)COc1ccc2ccccc2c1)C(=O)O. The van der Waals surface area contributed by atoms with Crippen LogP contribution in [0.5, 0.6) is 5.75 Å². The number of carboxylic acid groups (broad SMARTS) is 1. The first-order valence-corrected chi connectivity index (χ1v) is 6.72. The topological polar surface area (TPSA) is 95.9 Å². The van der Waals surface area contributed by atoms with Crippen molar-refractivity contribution in [3.05, 3.63) is 42.5 Å². The van der Waals surface area contributed by atoms with Crippen LogP contribution in [0, 0.1) is 0 Å². The van der Waals surface area contributed by atoms with E-state index in [1.165, 1.54) is 0 Å². The molecule has 3 N–H and O–H groups in total. The molecular weight excluding hydrogens is 286 g/mol. The van der Waals surface area contributed by atoms with Gasteiger partial charge in [0.05, 0.1) is 6.54 Å². The fourth-order valence-electron chi connectivity index (χ4n) is 1.80. The fraction of sp³-hybridized carbons (Fsp3) is 0.250. The molecule has 0 aliphatic rings. The highest BCUT2D eigenvalue weighted by atomic mass is 16.5. The molecule has 1 amide bonds. The third-order valence-corrected chi connectivity index (χ3v) is 3.18. The standard InChI is InChI=1S/C16H17NO5/c1-16(21,15(19)20)10-17-14(18)9-22-13-7-6-11-4-2-3-5-12(11)8-13/h2-8,21H,9-10H2,1H3,(H,17,18)(H,19,20). The van der Waals surface area contributed by atoms with Crippen LogP contribution < -0.4 is 10.1 Å². The normalized spacial score (nSPS) is 13.4. The number of hydrogen-bond acceptors (Lipinski definition) is 4. The van der Waals surface area contributed by atoms with Crippen LogP contribution in [0.25, 0.3) is 10.8 Å². The molecule has 2 rings (SSSR count). The lowest BCUT2D eigenvalue weighted by Gasteiger charge is -2.18. The van der Waals surface area contributed by atoms with Crippen molar-refractivity contribution in [2.45, 2.75) is 12.5 Å². The second-order valence-electron chi connectivity index (χ2n) is 5.15. The number of amides is 1. The smallest absolute Gasteiger partial charge is 0.337 e. The van der Waals surface area contributed by atoms with Gasteiger partial charge in [-0.25, -0.2) is 4.79 Å². The Balaban J connectivity index is 1.88. The van der Waals surface area contributed by atoms with Gasteiger partial charge in [-0.3, -0.25) is 4.79 Å². The van der Waals surface area contributed by atoms with Gasteiger partial charge in [-0.05, 0) is 29.8 Å². The molecule has 1 unspecified atom stereocenters. The Kier molecular flexibility index (Phi) is 4.62. The fourth-order valence-corrected chi connectivity index (χ4v) is 1.80. The largest absolute Gasteiger partial charge is 0.484 e. The first-order chi connectivity index (χ1) is 10.4. The first-order valence-electron chi connectivity index (χ1n) is 6.72. The molecule has 6 nitrogen and oxygen atoms in total. The zero-order chi connectivity index (χ0) is 16.2. The average Bonchev–Trinajstić information content (AvgIpc) is 2.50. The molecule has 0 heterocycles. The Labute approximate surface area is 127 Å². The third kappa shape index (κ3) is 3.95. The zero-order valence-electron chi connectivity index (χ0n) is 12.1. The van der Waals surface area contributed by atoms with Gasteiger partial charge >= 0.3 is 5.97 Å². The van der Waals surface area contributed by atoms with Crippen LogP contribution in [0.4, 0.5) is 0 Å². The van der Waals surface area contributed by atoms with Crippen LogP contribution in [-0.4, -0.2) is 40.8 Å². The molecule has 116 valence electrons. The number of carboxylic acids is 1. The molecule has 22 heavy (non-hydrogen) atoms. The maximum Gasteiger partial charge on any atom is 0.337 e. The van der Waals surface area contributed by atoms with Gasteiger partial charge in [0.2, 0.25) is 0 Å². The number of benzene rings is 2. The summed E-state index contributed by atoms with van der Waals surface area (Å²) >= 11 is 0. The summed E-state index contributed by atoms with van der Waals surface area (Å²) in [6.45, 7) is 0.468. The van der Waals surface area contributed by atoms with Crippen molar-refractivity contribution in [2.24, 2.45) is 0 Å². The van der Waals surface area contributed by atoms with E-state index in [9.17, 15) is 14.7 Å². The number of aliphatic hydroxyl groups is 1. The molecule has 0 aliphatic carbocycles. The predicted molar refractivity (Wildman–Crippen MR) is 80.7 cm³/mol. The summed E-state index contributed by atoms with van der Waals surface area (Å²) in [7, 11) is 0. The molecule has 6 heteroatoms. The van der Waals surface area contributed by atoms with Crippen molar-refractivity contribution in [1.29, 1.82) is 0 Å². The lowest BCUT2D eigenvalue weighted by Crippen LogP contribution is -2.47. The van der Waals surface area contributed by atoms with Crippen LogP contribution >= 0.6 is 0 Å². The van der Waals surface area contributed by atoms with E-state index in [0.717, 1.165) is 17.7 Å². The third-order valence-electron chi connectivity index (χ3n) is 3.18. The van der Waals surface area contributed by atoms with E-state index in [2.05, 4.69) is 5.32 Å². The Morgan fingerprint density at radius 3 is 2.55 bits per heavy atom. The van der Waals surface area contributed by atoms with Crippen LogP contribution in [0.3, 0.4) is 0 Å². The molecule has 0 aromatic heterocycles. The van der Waals surface area contributed by atoms with Gasteiger partial charge < -0.3 is 20.3 Å². The van der Waals surface area contributed by atoms with Gasteiger partial charge in [-0.2, -0.15) is 0 Å². The van der Waals surface area contributed by atoms with Crippen molar-refractivity contribution in [2.75, 3.05) is 13.2 Å². The number of hydrogen-bond donors (Lipinski definition) is 3. The molecule has 2 aromatic rings.